The Labute approximate surface area is 181 Å². The van der Waals surface area contributed by atoms with Crippen molar-refractivity contribution in [2.24, 2.45) is 17.8 Å². The van der Waals surface area contributed by atoms with Crippen LogP contribution in [-0.2, 0) is 16.1 Å². The van der Waals surface area contributed by atoms with Gasteiger partial charge in [0.15, 0.2) is 5.22 Å². The summed E-state index contributed by atoms with van der Waals surface area (Å²) >= 11 is 5.92. The molecule has 3 fully saturated rings. The first-order chi connectivity index (χ1) is 14.6. The first-order valence-electron chi connectivity index (χ1n) is 10.5. The van der Waals surface area contributed by atoms with E-state index in [4.69, 9.17) is 25.9 Å². The Morgan fingerprint density at radius 3 is 2.47 bits per heavy atom. The van der Waals surface area contributed by atoms with Crippen LogP contribution in [0.2, 0.25) is 5.22 Å². The van der Waals surface area contributed by atoms with Crippen molar-refractivity contribution in [3.63, 3.8) is 0 Å². The first-order valence-corrected chi connectivity index (χ1v) is 10.9. The van der Waals surface area contributed by atoms with Gasteiger partial charge in [0.1, 0.15) is 5.76 Å². The molecule has 0 bridgehead atoms. The first kappa shape index (κ1) is 20.9. The van der Waals surface area contributed by atoms with Crippen LogP contribution >= 0.6 is 11.6 Å². The second kappa shape index (κ2) is 9.23. The summed E-state index contributed by atoms with van der Waals surface area (Å²) in [7, 11) is 0. The van der Waals surface area contributed by atoms with Crippen LogP contribution in [0.5, 0.6) is 0 Å². The van der Waals surface area contributed by atoms with Gasteiger partial charge in [0.05, 0.1) is 12.6 Å². The molecule has 2 aliphatic heterocycles. The lowest BCUT2D eigenvalue weighted by atomic mass is 9.83. The summed E-state index contributed by atoms with van der Waals surface area (Å²) in [6.07, 6.45) is 3.34. The topological polar surface area (TPSA) is 74.0 Å². The smallest absolute Gasteiger partial charge is 0.290 e. The summed E-state index contributed by atoms with van der Waals surface area (Å²) in [5.41, 5.74) is 1.28. The van der Waals surface area contributed by atoms with Gasteiger partial charge in [-0.25, -0.2) is 0 Å². The fourth-order valence-corrected chi connectivity index (χ4v) is 5.28. The maximum absolute atomic E-state index is 13.1. The van der Waals surface area contributed by atoms with E-state index in [1.54, 1.807) is 6.07 Å². The fourth-order valence-electron chi connectivity index (χ4n) is 5.12. The molecule has 5 rings (SSSR count). The van der Waals surface area contributed by atoms with Crippen molar-refractivity contribution in [2.45, 2.75) is 31.8 Å². The molecule has 0 radical (unpaired) electrons. The highest BCUT2D eigenvalue weighted by Gasteiger charge is 2.50. The Morgan fingerprint density at radius 2 is 1.87 bits per heavy atom. The average Bonchev–Trinajstić information content (AvgIpc) is 3.36. The number of hydrogen-bond acceptors (Lipinski definition) is 4. The van der Waals surface area contributed by atoms with E-state index >= 15 is 0 Å². The molecule has 1 amide bonds. The molecule has 1 saturated carbocycles. The minimum absolute atomic E-state index is 0.203. The summed E-state index contributed by atoms with van der Waals surface area (Å²) < 4.78 is 5.55. The number of carbonyl (C=O) groups excluding carboxylic acids is 1. The fraction of sp³-hybridized carbons (Fsp3) is 0.478. The van der Waals surface area contributed by atoms with E-state index in [0.29, 0.717) is 23.0 Å². The highest BCUT2D eigenvalue weighted by molar-refractivity contribution is 6.28. The molecule has 7 heteroatoms. The molecular formula is C23H27ClN2O4. The van der Waals surface area contributed by atoms with E-state index in [9.17, 15) is 4.79 Å². The Balaban J connectivity index is 0.000000687. The van der Waals surface area contributed by atoms with Crippen LogP contribution < -0.4 is 0 Å². The van der Waals surface area contributed by atoms with E-state index in [2.05, 4.69) is 40.1 Å². The molecule has 1 N–H and O–H groups in total. The van der Waals surface area contributed by atoms with Crippen LogP contribution in [0.3, 0.4) is 0 Å². The zero-order chi connectivity index (χ0) is 21.1. The number of carboxylic acid groups (broad SMARTS) is 1. The van der Waals surface area contributed by atoms with Gasteiger partial charge in [-0.1, -0.05) is 36.8 Å². The van der Waals surface area contributed by atoms with Gasteiger partial charge in [0.2, 0.25) is 5.91 Å². The third-order valence-corrected chi connectivity index (χ3v) is 6.83. The predicted octanol–water partition coefficient (Wildman–Crippen LogP) is 4.07. The van der Waals surface area contributed by atoms with E-state index in [-0.39, 0.29) is 18.4 Å². The second-order valence-corrected chi connectivity index (χ2v) is 8.78. The third-order valence-electron chi connectivity index (χ3n) is 6.63. The molecule has 30 heavy (non-hydrogen) atoms. The maximum Gasteiger partial charge on any atom is 0.290 e. The van der Waals surface area contributed by atoms with Crippen molar-refractivity contribution in [3.05, 3.63) is 59.0 Å². The van der Waals surface area contributed by atoms with Crippen LogP contribution in [0.25, 0.3) is 0 Å². The average molecular weight is 431 g/mol. The third kappa shape index (κ3) is 4.25. The highest BCUT2D eigenvalue weighted by atomic mass is 35.5. The van der Waals surface area contributed by atoms with Gasteiger partial charge in [0, 0.05) is 31.5 Å². The van der Waals surface area contributed by atoms with Gasteiger partial charge < -0.3 is 14.4 Å². The zero-order valence-electron chi connectivity index (χ0n) is 16.8. The van der Waals surface area contributed by atoms with Gasteiger partial charge in [0.25, 0.3) is 6.47 Å². The quantitative estimate of drug-likeness (QED) is 0.740. The van der Waals surface area contributed by atoms with Crippen LogP contribution in [-0.4, -0.2) is 46.9 Å². The SMILES string of the molecule is O=C(C1CCC1)N1C[C@@H]2CN(Cc3ccc(Cl)o3)C[C@@H]2[C@@H]1c1ccccc1.O=CO. The molecule has 1 aromatic heterocycles. The maximum atomic E-state index is 13.1. The summed E-state index contributed by atoms with van der Waals surface area (Å²) in [5, 5.41) is 7.34. The Kier molecular flexibility index (Phi) is 6.44. The Hall–Kier alpha value is -2.31. The number of hydrogen-bond donors (Lipinski definition) is 1. The number of benzene rings is 1. The van der Waals surface area contributed by atoms with Gasteiger partial charge >= 0.3 is 0 Å². The second-order valence-electron chi connectivity index (χ2n) is 8.40. The van der Waals surface area contributed by atoms with Crippen molar-refractivity contribution < 1.29 is 19.1 Å². The Bertz CT molecular complexity index is 867. The number of likely N-dealkylation sites (tertiary alicyclic amines) is 2. The van der Waals surface area contributed by atoms with Crippen molar-refractivity contribution >= 4 is 24.0 Å². The standard InChI is InChI=1S/C22H25ClN2O2.CH2O2/c23-20-10-9-18(27-20)13-24-11-17-12-25(22(26)16-7-4-8-16)21(19(17)14-24)15-5-2-1-3-6-15;2-1-3/h1-3,5-6,9-10,16-17,19,21H,4,7-8,11-14H2;1H,(H,2,3)/t17-,19-,21-;/m0./s1. The van der Waals surface area contributed by atoms with Crippen LogP contribution in [0, 0.1) is 17.8 Å². The van der Waals surface area contributed by atoms with Crippen molar-refractivity contribution in [2.75, 3.05) is 19.6 Å². The van der Waals surface area contributed by atoms with Crippen molar-refractivity contribution in [1.82, 2.24) is 9.80 Å². The van der Waals surface area contributed by atoms with Crippen molar-refractivity contribution in [3.8, 4) is 0 Å². The lowest BCUT2D eigenvalue weighted by Gasteiger charge is -2.35. The predicted molar refractivity (Wildman–Crippen MR) is 113 cm³/mol. The van der Waals surface area contributed by atoms with Crippen LogP contribution in [0.4, 0.5) is 0 Å². The number of halogens is 1. The molecule has 1 aromatic carbocycles. The summed E-state index contributed by atoms with van der Waals surface area (Å²) in [4.78, 5) is 26.1. The number of furan rings is 1. The number of amides is 1. The van der Waals surface area contributed by atoms with E-state index < -0.39 is 0 Å². The van der Waals surface area contributed by atoms with E-state index in [1.807, 2.05) is 6.07 Å². The van der Waals surface area contributed by atoms with Gasteiger partial charge in [-0.05, 0) is 48.1 Å². The number of fused-ring (bicyclic) bond motifs is 1. The summed E-state index contributed by atoms with van der Waals surface area (Å²) in [6, 6.07) is 14.6. The minimum atomic E-state index is -0.250. The van der Waals surface area contributed by atoms with Crippen molar-refractivity contribution in [1.29, 1.82) is 0 Å². The lowest BCUT2D eigenvalue weighted by molar-refractivity contribution is -0.139. The molecule has 1 aliphatic carbocycles. The summed E-state index contributed by atoms with van der Waals surface area (Å²) in [5.74, 6) is 2.58. The minimum Gasteiger partial charge on any atom is -0.483 e. The molecule has 160 valence electrons. The summed E-state index contributed by atoms with van der Waals surface area (Å²) in [6.45, 7) is 3.44. The molecular weight excluding hydrogens is 404 g/mol. The zero-order valence-corrected chi connectivity index (χ0v) is 17.6. The van der Waals surface area contributed by atoms with Crippen LogP contribution in [0.1, 0.15) is 36.6 Å². The van der Waals surface area contributed by atoms with Gasteiger partial charge in [-0.2, -0.15) is 0 Å². The molecule has 3 atom stereocenters. The molecule has 6 nitrogen and oxygen atoms in total. The van der Waals surface area contributed by atoms with Gasteiger partial charge in [-0.3, -0.25) is 14.5 Å². The monoisotopic (exact) mass is 430 g/mol. The lowest BCUT2D eigenvalue weighted by Crippen LogP contribution is -2.41. The highest BCUT2D eigenvalue weighted by Crippen LogP contribution is 2.47. The van der Waals surface area contributed by atoms with E-state index in [1.165, 1.54) is 12.0 Å². The van der Waals surface area contributed by atoms with Crippen LogP contribution in [0.15, 0.2) is 46.9 Å². The Morgan fingerprint density at radius 1 is 1.13 bits per heavy atom. The number of rotatable bonds is 4. The molecule has 2 aromatic rings. The molecule has 2 saturated heterocycles. The molecule has 3 aliphatic rings. The van der Waals surface area contributed by atoms with Gasteiger partial charge in [-0.15, -0.1) is 0 Å². The molecule has 3 heterocycles. The van der Waals surface area contributed by atoms with E-state index in [0.717, 1.165) is 44.8 Å². The normalized spacial score (nSPS) is 25.9. The molecule has 0 spiro atoms. The largest absolute Gasteiger partial charge is 0.483 e. The molecule has 0 unspecified atom stereocenters. The number of nitrogens with zero attached hydrogens (tertiary/aromatic N) is 2. The number of carbonyl (C=O) groups is 2.